The van der Waals surface area contributed by atoms with Gasteiger partial charge >= 0.3 is 12.2 Å². The Bertz CT molecular complexity index is 391. The molecule has 0 radical (unpaired) electrons. The summed E-state index contributed by atoms with van der Waals surface area (Å²) in [6.07, 6.45) is 0.264. The van der Waals surface area contributed by atoms with Crippen LogP contribution in [0.3, 0.4) is 0 Å². The minimum absolute atomic E-state index is 0.0679. The predicted molar refractivity (Wildman–Crippen MR) is 73.3 cm³/mol. The molecule has 6 nitrogen and oxygen atoms in total. The Kier molecular flexibility index (Phi) is 4.11. The second-order valence-corrected chi connectivity index (χ2v) is 6.71. The van der Waals surface area contributed by atoms with Crippen LogP contribution >= 0.6 is 0 Å². The molecule has 0 aromatic rings. The molecule has 1 N–H and O–H groups in total. The number of carbonyl (C=O) groups excluding carboxylic acids is 2. The second-order valence-electron chi connectivity index (χ2n) is 6.71. The lowest BCUT2D eigenvalue weighted by molar-refractivity contribution is 0.00909. The van der Waals surface area contributed by atoms with Gasteiger partial charge in [0.05, 0.1) is 6.04 Å². The number of amides is 2. The standard InChI is InChI=1S/C14H24N2O4/c1-9-7-16(13(18)20-14(2,3)4)6-5-10(9)11-8-19-12(17)15-11/h9-11H,5-8H2,1-4H3,(H,15,17). The van der Waals surface area contributed by atoms with E-state index in [0.717, 1.165) is 6.42 Å². The van der Waals surface area contributed by atoms with Crippen molar-refractivity contribution in [1.29, 1.82) is 0 Å². The molecule has 2 amide bonds. The van der Waals surface area contributed by atoms with E-state index in [0.29, 0.717) is 31.5 Å². The van der Waals surface area contributed by atoms with Gasteiger partial charge in [0.25, 0.3) is 0 Å². The molecule has 0 aliphatic carbocycles. The molecule has 0 spiro atoms. The average molecular weight is 284 g/mol. The molecule has 0 bridgehead atoms. The summed E-state index contributed by atoms with van der Waals surface area (Å²) in [5.41, 5.74) is -0.468. The number of hydrogen-bond acceptors (Lipinski definition) is 4. The molecule has 2 fully saturated rings. The summed E-state index contributed by atoms with van der Waals surface area (Å²) < 4.78 is 10.3. The minimum atomic E-state index is -0.468. The molecule has 3 atom stereocenters. The zero-order valence-corrected chi connectivity index (χ0v) is 12.6. The van der Waals surface area contributed by atoms with Crippen LogP contribution in [0, 0.1) is 11.8 Å². The quantitative estimate of drug-likeness (QED) is 0.799. The highest BCUT2D eigenvalue weighted by Gasteiger charge is 2.38. The van der Waals surface area contributed by atoms with E-state index in [2.05, 4.69) is 12.2 Å². The fourth-order valence-electron chi connectivity index (χ4n) is 2.88. The maximum Gasteiger partial charge on any atom is 0.410 e. The normalized spacial score (nSPS) is 30.7. The summed E-state index contributed by atoms with van der Waals surface area (Å²) in [5.74, 6) is 0.656. The number of rotatable bonds is 1. The van der Waals surface area contributed by atoms with Gasteiger partial charge in [-0.3, -0.25) is 0 Å². The van der Waals surface area contributed by atoms with Crippen LogP contribution in [-0.2, 0) is 9.47 Å². The number of alkyl carbamates (subject to hydrolysis) is 1. The smallest absolute Gasteiger partial charge is 0.410 e. The molecular formula is C14H24N2O4. The van der Waals surface area contributed by atoms with Crippen LogP contribution < -0.4 is 5.32 Å². The molecule has 2 aliphatic rings. The third-order valence-electron chi connectivity index (χ3n) is 3.84. The lowest BCUT2D eigenvalue weighted by atomic mass is 9.82. The summed E-state index contributed by atoms with van der Waals surface area (Å²) in [5, 5.41) is 2.84. The first kappa shape index (κ1) is 14.9. The molecule has 3 unspecified atom stereocenters. The Morgan fingerprint density at radius 2 is 2.15 bits per heavy atom. The van der Waals surface area contributed by atoms with Crippen molar-refractivity contribution < 1.29 is 19.1 Å². The predicted octanol–water partition coefficient (Wildman–Crippen LogP) is 1.99. The summed E-state index contributed by atoms with van der Waals surface area (Å²) in [4.78, 5) is 24.9. The maximum atomic E-state index is 12.0. The van der Waals surface area contributed by atoms with Gasteiger partial charge in [-0.2, -0.15) is 0 Å². The van der Waals surface area contributed by atoms with Crippen LogP contribution in [0.15, 0.2) is 0 Å². The molecule has 0 saturated carbocycles. The Morgan fingerprint density at radius 3 is 2.65 bits per heavy atom. The Morgan fingerprint density at radius 1 is 1.45 bits per heavy atom. The van der Waals surface area contributed by atoms with E-state index in [-0.39, 0.29) is 18.2 Å². The summed E-state index contributed by atoms with van der Waals surface area (Å²) in [6, 6.07) is 0.0679. The molecule has 0 aromatic carbocycles. The molecule has 114 valence electrons. The van der Waals surface area contributed by atoms with Gasteiger partial charge in [-0.1, -0.05) is 6.92 Å². The van der Waals surface area contributed by atoms with E-state index < -0.39 is 5.60 Å². The monoisotopic (exact) mass is 284 g/mol. The van der Waals surface area contributed by atoms with Gasteiger partial charge in [0.2, 0.25) is 0 Å². The highest BCUT2D eigenvalue weighted by atomic mass is 16.6. The largest absolute Gasteiger partial charge is 0.447 e. The number of likely N-dealkylation sites (tertiary alicyclic amines) is 1. The molecule has 2 rings (SSSR count). The fourth-order valence-corrected chi connectivity index (χ4v) is 2.88. The van der Waals surface area contributed by atoms with Crippen molar-refractivity contribution in [2.45, 2.75) is 45.8 Å². The van der Waals surface area contributed by atoms with Crippen molar-refractivity contribution in [3.8, 4) is 0 Å². The van der Waals surface area contributed by atoms with Crippen molar-refractivity contribution >= 4 is 12.2 Å². The van der Waals surface area contributed by atoms with Crippen LogP contribution in [0.5, 0.6) is 0 Å². The summed E-state index contributed by atoms with van der Waals surface area (Å²) in [6.45, 7) is 9.46. The number of piperidine rings is 1. The number of nitrogens with one attached hydrogen (secondary N) is 1. The zero-order chi connectivity index (χ0) is 14.9. The van der Waals surface area contributed by atoms with E-state index in [1.165, 1.54) is 0 Å². The fraction of sp³-hybridized carbons (Fsp3) is 0.857. The number of hydrogen-bond donors (Lipinski definition) is 1. The zero-order valence-electron chi connectivity index (χ0n) is 12.6. The highest BCUT2D eigenvalue weighted by Crippen LogP contribution is 2.29. The first-order valence-electron chi connectivity index (χ1n) is 7.17. The van der Waals surface area contributed by atoms with Gasteiger partial charge < -0.3 is 19.7 Å². The molecule has 2 heterocycles. The van der Waals surface area contributed by atoms with E-state index in [1.54, 1.807) is 4.90 Å². The number of cyclic esters (lactones) is 1. The van der Waals surface area contributed by atoms with Crippen LogP contribution in [0.1, 0.15) is 34.1 Å². The van der Waals surface area contributed by atoms with Crippen LogP contribution in [0.25, 0.3) is 0 Å². The van der Waals surface area contributed by atoms with Crippen molar-refractivity contribution in [2.24, 2.45) is 11.8 Å². The summed E-state index contributed by atoms with van der Waals surface area (Å²) in [7, 11) is 0. The van der Waals surface area contributed by atoms with Gasteiger partial charge in [-0.05, 0) is 39.0 Å². The average Bonchev–Trinajstić information content (AvgIpc) is 2.73. The molecule has 6 heteroatoms. The SMILES string of the molecule is CC1CN(C(=O)OC(C)(C)C)CCC1C1COC(=O)N1. The van der Waals surface area contributed by atoms with Crippen molar-refractivity contribution in [3.63, 3.8) is 0 Å². The van der Waals surface area contributed by atoms with Gasteiger partial charge in [0.15, 0.2) is 0 Å². The van der Waals surface area contributed by atoms with Crippen LogP contribution in [0.4, 0.5) is 9.59 Å². The van der Waals surface area contributed by atoms with E-state index in [4.69, 9.17) is 9.47 Å². The van der Waals surface area contributed by atoms with Crippen molar-refractivity contribution in [1.82, 2.24) is 10.2 Å². The van der Waals surface area contributed by atoms with Crippen LogP contribution in [0.2, 0.25) is 0 Å². The maximum absolute atomic E-state index is 12.0. The highest BCUT2D eigenvalue weighted by molar-refractivity contribution is 5.70. The van der Waals surface area contributed by atoms with Gasteiger partial charge in [-0.15, -0.1) is 0 Å². The van der Waals surface area contributed by atoms with Crippen molar-refractivity contribution in [3.05, 3.63) is 0 Å². The van der Waals surface area contributed by atoms with Crippen molar-refractivity contribution in [2.75, 3.05) is 19.7 Å². The van der Waals surface area contributed by atoms with E-state index >= 15 is 0 Å². The Balaban J connectivity index is 1.89. The lowest BCUT2D eigenvalue weighted by Crippen LogP contribution is -2.50. The lowest BCUT2D eigenvalue weighted by Gasteiger charge is -2.39. The van der Waals surface area contributed by atoms with E-state index in [1.807, 2.05) is 20.8 Å². The molecule has 0 aromatic heterocycles. The molecule has 2 aliphatic heterocycles. The van der Waals surface area contributed by atoms with Gasteiger partial charge in [0.1, 0.15) is 12.2 Å². The minimum Gasteiger partial charge on any atom is -0.447 e. The van der Waals surface area contributed by atoms with Gasteiger partial charge in [0, 0.05) is 13.1 Å². The third kappa shape index (κ3) is 3.55. The topological polar surface area (TPSA) is 67.9 Å². The van der Waals surface area contributed by atoms with Gasteiger partial charge in [-0.25, -0.2) is 9.59 Å². The number of ether oxygens (including phenoxy) is 2. The third-order valence-corrected chi connectivity index (χ3v) is 3.84. The molecule has 20 heavy (non-hydrogen) atoms. The number of nitrogens with zero attached hydrogens (tertiary/aromatic N) is 1. The molecule has 2 saturated heterocycles. The first-order chi connectivity index (χ1) is 9.26. The Labute approximate surface area is 119 Å². The first-order valence-corrected chi connectivity index (χ1v) is 7.17. The summed E-state index contributed by atoms with van der Waals surface area (Å²) >= 11 is 0. The number of carbonyl (C=O) groups is 2. The molecular weight excluding hydrogens is 260 g/mol. The Hall–Kier alpha value is -1.46. The second kappa shape index (κ2) is 5.50. The van der Waals surface area contributed by atoms with Crippen LogP contribution in [-0.4, -0.2) is 48.4 Å². The van der Waals surface area contributed by atoms with E-state index in [9.17, 15) is 9.59 Å².